The monoisotopic (exact) mass is 367 g/mol. The Bertz CT molecular complexity index is 837. The van der Waals surface area contributed by atoms with Crippen LogP contribution in [0.4, 0.5) is 13.2 Å². The summed E-state index contributed by atoms with van der Waals surface area (Å²) in [5.41, 5.74) is 0.112. The number of amides is 1. The molecular weight excluding hydrogens is 347 g/mol. The molecule has 0 unspecified atom stereocenters. The first-order chi connectivity index (χ1) is 12.1. The Morgan fingerprint density at radius 2 is 1.77 bits per heavy atom. The van der Waals surface area contributed by atoms with E-state index in [2.05, 4.69) is 5.10 Å². The Hall–Kier alpha value is -2.64. The maximum absolute atomic E-state index is 12.9. The van der Waals surface area contributed by atoms with Crippen molar-refractivity contribution in [2.75, 3.05) is 13.1 Å². The minimum Gasteiger partial charge on any atom is -0.336 e. The molecule has 1 amide bonds. The van der Waals surface area contributed by atoms with Crippen molar-refractivity contribution in [2.45, 2.75) is 33.9 Å². The second-order valence-electron chi connectivity index (χ2n) is 5.81. The molecule has 140 valence electrons. The molecule has 0 atom stereocenters. The third-order valence-electron chi connectivity index (χ3n) is 4.18. The van der Waals surface area contributed by atoms with Crippen LogP contribution in [0.25, 0.3) is 5.69 Å². The van der Waals surface area contributed by atoms with Crippen LogP contribution in [0.5, 0.6) is 0 Å². The Morgan fingerprint density at radius 1 is 1.15 bits per heavy atom. The van der Waals surface area contributed by atoms with Crippen LogP contribution in [-0.4, -0.2) is 39.5 Å². The summed E-state index contributed by atoms with van der Waals surface area (Å²) in [6.45, 7) is 7.42. The molecule has 0 N–H and O–H groups in total. The summed E-state index contributed by atoms with van der Waals surface area (Å²) in [7, 11) is 0. The zero-order chi connectivity index (χ0) is 19.6. The van der Waals surface area contributed by atoms with Crippen LogP contribution in [0.1, 0.15) is 41.2 Å². The average molecular weight is 367 g/mol. The van der Waals surface area contributed by atoms with Crippen molar-refractivity contribution in [3.63, 3.8) is 0 Å². The predicted octanol–water partition coefficient (Wildman–Crippen LogP) is 3.56. The molecule has 1 heterocycles. The second-order valence-corrected chi connectivity index (χ2v) is 5.81. The number of rotatable bonds is 5. The smallest absolute Gasteiger partial charge is 0.336 e. The van der Waals surface area contributed by atoms with Crippen LogP contribution in [-0.2, 0) is 11.0 Å². The highest BCUT2D eigenvalue weighted by Gasteiger charge is 2.31. The highest BCUT2D eigenvalue weighted by Crippen LogP contribution is 2.31. The summed E-state index contributed by atoms with van der Waals surface area (Å²) < 4.78 is 40.1. The quantitative estimate of drug-likeness (QED) is 0.600. The maximum atomic E-state index is 12.9. The lowest BCUT2D eigenvalue weighted by Crippen LogP contribution is -2.36. The highest BCUT2D eigenvalue weighted by molar-refractivity contribution is 6.43. The number of hydrogen-bond donors (Lipinski definition) is 0. The number of carbonyl (C=O) groups excluding carboxylic acids is 2. The van der Waals surface area contributed by atoms with Gasteiger partial charge in [-0.2, -0.15) is 18.3 Å². The summed E-state index contributed by atoms with van der Waals surface area (Å²) in [5.74, 6) is -1.35. The summed E-state index contributed by atoms with van der Waals surface area (Å²) >= 11 is 0. The minimum absolute atomic E-state index is 0.124. The van der Waals surface area contributed by atoms with E-state index in [4.69, 9.17) is 0 Å². The number of aryl methyl sites for hydroxylation is 1. The van der Waals surface area contributed by atoms with Crippen LogP contribution in [0.15, 0.2) is 24.3 Å². The van der Waals surface area contributed by atoms with Crippen LogP contribution in [0.3, 0.4) is 0 Å². The number of likely N-dealkylation sites (N-methyl/N-ethyl adjacent to an activating group) is 1. The van der Waals surface area contributed by atoms with E-state index in [1.165, 1.54) is 21.7 Å². The number of benzene rings is 1. The van der Waals surface area contributed by atoms with E-state index in [1.807, 2.05) is 0 Å². The van der Waals surface area contributed by atoms with Crippen LogP contribution < -0.4 is 0 Å². The van der Waals surface area contributed by atoms with Crippen LogP contribution >= 0.6 is 0 Å². The fraction of sp³-hybridized carbons (Fsp3) is 0.389. The summed E-state index contributed by atoms with van der Waals surface area (Å²) in [5, 5.41) is 4.18. The zero-order valence-electron chi connectivity index (χ0n) is 15.0. The number of carbonyl (C=O) groups is 2. The molecular formula is C18H20F3N3O2. The number of alkyl halides is 3. The fourth-order valence-corrected chi connectivity index (χ4v) is 2.80. The number of nitrogens with zero attached hydrogens (tertiary/aromatic N) is 3. The van der Waals surface area contributed by atoms with E-state index in [9.17, 15) is 22.8 Å². The van der Waals surface area contributed by atoms with Crippen molar-refractivity contribution in [1.29, 1.82) is 0 Å². The van der Waals surface area contributed by atoms with E-state index < -0.39 is 23.4 Å². The molecule has 2 aromatic rings. The van der Waals surface area contributed by atoms with Gasteiger partial charge in [-0.15, -0.1) is 0 Å². The van der Waals surface area contributed by atoms with Gasteiger partial charge >= 0.3 is 6.18 Å². The van der Waals surface area contributed by atoms with Gasteiger partial charge in [0.2, 0.25) is 0 Å². The molecule has 1 aromatic carbocycles. The van der Waals surface area contributed by atoms with Crippen molar-refractivity contribution >= 4 is 11.7 Å². The normalized spacial score (nSPS) is 11.5. The Labute approximate surface area is 149 Å². The molecule has 2 rings (SSSR count). The summed E-state index contributed by atoms with van der Waals surface area (Å²) in [6, 6.07) is 4.66. The van der Waals surface area contributed by atoms with Gasteiger partial charge in [-0.1, -0.05) is 6.07 Å². The van der Waals surface area contributed by atoms with Crippen LogP contribution in [0.2, 0.25) is 0 Å². The topological polar surface area (TPSA) is 55.2 Å². The molecule has 0 spiro atoms. The average Bonchev–Trinajstić information content (AvgIpc) is 2.89. The molecule has 1 aromatic heterocycles. The van der Waals surface area contributed by atoms with Crippen molar-refractivity contribution < 1.29 is 22.8 Å². The van der Waals surface area contributed by atoms with E-state index in [0.29, 0.717) is 24.5 Å². The number of halogens is 3. The molecule has 0 saturated heterocycles. The Balaban J connectivity index is 2.49. The van der Waals surface area contributed by atoms with Gasteiger partial charge in [-0.25, -0.2) is 4.68 Å². The Morgan fingerprint density at radius 3 is 2.31 bits per heavy atom. The molecule has 8 heteroatoms. The number of aromatic nitrogens is 2. The molecule has 5 nitrogen and oxygen atoms in total. The van der Waals surface area contributed by atoms with Gasteiger partial charge in [-0.3, -0.25) is 9.59 Å². The number of ketones is 1. The first kappa shape index (κ1) is 19.7. The van der Waals surface area contributed by atoms with Crippen molar-refractivity contribution in [1.82, 2.24) is 14.7 Å². The number of Topliss-reactive ketones (excluding diaryl/α,β-unsaturated/α-hetero) is 1. The molecule has 0 aliphatic rings. The van der Waals surface area contributed by atoms with Crippen molar-refractivity contribution in [3.8, 4) is 5.69 Å². The van der Waals surface area contributed by atoms with Gasteiger partial charge in [0, 0.05) is 13.1 Å². The van der Waals surface area contributed by atoms with Crippen molar-refractivity contribution in [2.24, 2.45) is 0 Å². The molecule has 0 saturated carbocycles. The van der Waals surface area contributed by atoms with Crippen LogP contribution in [0, 0.1) is 13.8 Å². The fourth-order valence-electron chi connectivity index (χ4n) is 2.80. The molecule has 0 bridgehead atoms. The van der Waals surface area contributed by atoms with Gasteiger partial charge in [0.15, 0.2) is 0 Å². The zero-order valence-corrected chi connectivity index (χ0v) is 15.0. The van der Waals surface area contributed by atoms with E-state index in [0.717, 1.165) is 12.1 Å². The third kappa shape index (κ3) is 3.63. The maximum Gasteiger partial charge on any atom is 0.416 e. The molecule has 0 aliphatic heterocycles. The molecule has 0 aliphatic carbocycles. The number of hydrogen-bond acceptors (Lipinski definition) is 3. The van der Waals surface area contributed by atoms with E-state index >= 15 is 0 Å². The van der Waals surface area contributed by atoms with Crippen molar-refractivity contribution in [3.05, 3.63) is 46.8 Å². The lowest BCUT2D eigenvalue weighted by Gasteiger charge is -2.17. The molecule has 0 fully saturated rings. The minimum atomic E-state index is -4.48. The van der Waals surface area contributed by atoms with E-state index in [-0.39, 0.29) is 11.3 Å². The lowest BCUT2D eigenvalue weighted by atomic mass is 10.1. The summed E-state index contributed by atoms with van der Waals surface area (Å²) in [6.07, 6.45) is -4.48. The standard InChI is InChI=1S/C18H20F3N3O2/c1-5-23(6-2)17(26)16(25)15-11(3)22-24(12(15)4)14-9-7-8-13(10-14)18(19,20)21/h7-10H,5-6H2,1-4H3. The SMILES string of the molecule is CCN(CC)C(=O)C(=O)c1c(C)nn(-c2cccc(C(F)(F)F)c2)c1C. The molecule has 0 radical (unpaired) electrons. The van der Waals surface area contributed by atoms with Gasteiger partial charge < -0.3 is 4.90 Å². The van der Waals surface area contributed by atoms with Gasteiger partial charge in [-0.05, 0) is 45.9 Å². The van der Waals surface area contributed by atoms with E-state index in [1.54, 1.807) is 27.7 Å². The highest BCUT2D eigenvalue weighted by atomic mass is 19.4. The second kappa shape index (κ2) is 7.31. The molecule has 26 heavy (non-hydrogen) atoms. The first-order valence-electron chi connectivity index (χ1n) is 8.19. The van der Waals surface area contributed by atoms with Gasteiger partial charge in [0.1, 0.15) is 0 Å². The van der Waals surface area contributed by atoms with Gasteiger partial charge in [0.25, 0.3) is 11.7 Å². The predicted molar refractivity (Wildman–Crippen MR) is 90.3 cm³/mol. The lowest BCUT2D eigenvalue weighted by molar-refractivity contribution is -0.137. The Kier molecular flexibility index (Phi) is 5.53. The first-order valence-corrected chi connectivity index (χ1v) is 8.19. The third-order valence-corrected chi connectivity index (χ3v) is 4.18. The largest absolute Gasteiger partial charge is 0.416 e. The van der Waals surface area contributed by atoms with Gasteiger partial charge in [0.05, 0.1) is 28.2 Å². The summed E-state index contributed by atoms with van der Waals surface area (Å²) in [4.78, 5) is 26.3.